The number of fused-ring (bicyclic) bond motifs is 1. The molecule has 1 amide bonds. The minimum Gasteiger partial charge on any atom is -0.349 e. The predicted octanol–water partition coefficient (Wildman–Crippen LogP) is 4.17. The highest BCUT2D eigenvalue weighted by Crippen LogP contribution is 2.41. The molecule has 0 bridgehead atoms. The van der Waals surface area contributed by atoms with Gasteiger partial charge in [-0.25, -0.2) is 4.98 Å². The van der Waals surface area contributed by atoms with Crippen molar-refractivity contribution in [2.75, 3.05) is 0 Å². The van der Waals surface area contributed by atoms with Crippen LogP contribution in [0.4, 0.5) is 0 Å². The predicted molar refractivity (Wildman–Crippen MR) is 110 cm³/mol. The summed E-state index contributed by atoms with van der Waals surface area (Å²) >= 11 is 5.97. The standard InChI is InChI=1S/C22H22ClN3O2/c23-16-12-10-15(11-13-16)21(14-8-9-14)26-20(27)7-3-6-19-24-18-5-2-1-4-17(18)22(28)25-19/h1-2,4-5,10-14,21H,3,6-9H2,(H,26,27)(H,24,25,28). The maximum Gasteiger partial charge on any atom is 0.258 e. The van der Waals surface area contributed by atoms with Gasteiger partial charge in [-0.05, 0) is 55.0 Å². The van der Waals surface area contributed by atoms with E-state index in [2.05, 4.69) is 15.3 Å². The number of nitrogens with zero attached hydrogens (tertiary/aromatic N) is 1. The van der Waals surface area contributed by atoms with E-state index in [9.17, 15) is 9.59 Å². The van der Waals surface area contributed by atoms with Crippen LogP contribution in [-0.2, 0) is 11.2 Å². The highest BCUT2D eigenvalue weighted by atomic mass is 35.5. The zero-order chi connectivity index (χ0) is 19.5. The molecular formula is C22H22ClN3O2. The van der Waals surface area contributed by atoms with Crippen LogP contribution in [0.1, 0.15) is 43.1 Å². The average Bonchev–Trinajstić information content (AvgIpc) is 3.52. The molecule has 4 rings (SSSR count). The van der Waals surface area contributed by atoms with E-state index in [-0.39, 0.29) is 17.5 Å². The van der Waals surface area contributed by atoms with E-state index in [4.69, 9.17) is 11.6 Å². The lowest BCUT2D eigenvalue weighted by Crippen LogP contribution is -2.29. The van der Waals surface area contributed by atoms with E-state index in [1.807, 2.05) is 42.5 Å². The second-order valence-corrected chi connectivity index (χ2v) is 7.75. The van der Waals surface area contributed by atoms with Crippen molar-refractivity contribution in [3.63, 3.8) is 0 Å². The van der Waals surface area contributed by atoms with E-state index in [1.165, 1.54) is 0 Å². The first-order chi connectivity index (χ1) is 13.6. The molecule has 1 aromatic heterocycles. The van der Waals surface area contributed by atoms with Crippen molar-refractivity contribution in [1.82, 2.24) is 15.3 Å². The Morgan fingerprint density at radius 1 is 1.18 bits per heavy atom. The number of amides is 1. The molecular weight excluding hydrogens is 374 g/mol. The number of aromatic nitrogens is 2. The van der Waals surface area contributed by atoms with Gasteiger partial charge in [-0.3, -0.25) is 9.59 Å². The molecule has 3 aromatic rings. The fourth-order valence-corrected chi connectivity index (χ4v) is 3.61. The number of nitrogens with one attached hydrogen (secondary N) is 2. The molecule has 1 aliphatic rings. The van der Waals surface area contributed by atoms with Crippen molar-refractivity contribution < 1.29 is 4.79 Å². The first-order valence-corrected chi connectivity index (χ1v) is 10.0. The number of hydrogen-bond acceptors (Lipinski definition) is 3. The Kier molecular flexibility index (Phi) is 5.44. The third kappa shape index (κ3) is 4.42. The van der Waals surface area contributed by atoms with Gasteiger partial charge in [0.15, 0.2) is 0 Å². The number of benzene rings is 2. The third-order valence-electron chi connectivity index (χ3n) is 5.12. The molecule has 1 aliphatic carbocycles. The molecule has 1 saturated carbocycles. The highest BCUT2D eigenvalue weighted by molar-refractivity contribution is 6.30. The van der Waals surface area contributed by atoms with Crippen LogP contribution in [-0.4, -0.2) is 15.9 Å². The molecule has 28 heavy (non-hydrogen) atoms. The Balaban J connectivity index is 1.35. The van der Waals surface area contributed by atoms with Gasteiger partial charge in [-0.2, -0.15) is 0 Å². The van der Waals surface area contributed by atoms with Gasteiger partial charge in [0.1, 0.15) is 5.82 Å². The van der Waals surface area contributed by atoms with Crippen LogP contribution < -0.4 is 10.9 Å². The smallest absolute Gasteiger partial charge is 0.258 e. The average molecular weight is 396 g/mol. The number of H-pyrrole nitrogens is 1. The maximum atomic E-state index is 12.5. The monoisotopic (exact) mass is 395 g/mol. The summed E-state index contributed by atoms with van der Waals surface area (Å²) in [5.41, 5.74) is 1.64. The summed E-state index contributed by atoms with van der Waals surface area (Å²) in [5, 5.41) is 4.45. The van der Waals surface area contributed by atoms with Crippen LogP contribution in [0.2, 0.25) is 5.02 Å². The zero-order valence-electron chi connectivity index (χ0n) is 15.5. The number of rotatable bonds is 7. The number of halogens is 1. The van der Waals surface area contributed by atoms with E-state index < -0.39 is 0 Å². The van der Waals surface area contributed by atoms with E-state index in [0.29, 0.717) is 46.9 Å². The topological polar surface area (TPSA) is 74.8 Å². The molecule has 1 fully saturated rings. The van der Waals surface area contributed by atoms with Crippen LogP contribution in [0.25, 0.3) is 10.9 Å². The maximum absolute atomic E-state index is 12.5. The van der Waals surface area contributed by atoms with Gasteiger partial charge in [0, 0.05) is 17.9 Å². The second kappa shape index (κ2) is 8.15. The molecule has 1 unspecified atom stereocenters. The Hall–Kier alpha value is -2.66. The normalized spacial score (nSPS) is 14.8. The number of para-hydroxylation sites is 1. The van der Waals surface area contributed by atoms with Crippen molar-refractivity contribution in [2.45, 2.75) is 38.1 Å². The fourth-order valence-electron chi connectivity index (χ4n) is 3.49. The second-order valence-electron chi connectivity index (χ2n) is 7.32. The first-order valence-electron chi connectivity index (χ1n) is 9.63. The van der Waals surface area contributed by atoms with Gasteiger partial charge in [0.2, 0.25) is 5.91 Å². The number of carbonyl (C=O) groups excluding carboxylic acids is 1. The highest BCUT2D eigenvalue weighted by Gasteiger charge is 2.33. The lowest BCUT2D eigenvalue weighted by Gasteiger charge is -2.19. The SMILES string of the molecule is O=C(CCCc1nc2ccccc2c(=O)[nH]1)NC(c1ccc(Cl)cc1)C1CC1. The number of hydrogen-bond donors (Lipinski definition) is 2. The molecule has 0 radical (unpaired) electrons. The summed E-state index contributed by atoms with van der Waals surface area (Å²) in [5.74, 6) is 1.14. The van der Waals surface area contributed by atoms with Crippen LogP contribution >= 0.6 is 11.6 Å². The Morgan fingerprint density at radius 3 is 2.68 bits per heavy atom. The van der Waals surface area contributed by atoms with E-state index in [1.54, 1.807) is 6.07 Å². The van der Waals surface area contributed by atoms with Crippen molar-refractivity contribution in [1.29, 1.82) is 0 Å². The quantitative estimate of drug-likeness (QED) is 0.630. The molecule has 1 heterocycles. The Morgan fingerprint density at radius 2 is 1.93 bits per heavy atom. The fraction of sp³-hybridized carbons (Fsp3) is 0.318. The molecule has 0 saturated heterocycles. The number of aromatic amines is 1. The zero-order valence-corrected chi connectivity index (χ0v) is 16.2. The molecule has 0 spiro atoms. The van der Waals surface area contributed by atoms with Crippen LogP contribution in [0, 0.1) is 5.92 Å². The molecule has 6 heteroatoms. The summed E-state index contributed by atoms with van der Waals surface area (Å²) in [6.07, 6.45) is 3.85. The Labute approximate surface area is 168 Å². The summed E-state index contributed by atoms with van der Waals surface area (Å²) in [7, 11) is 0. The van der Waals surface area contributed by atoms with Crippen molar-refractivity contribution >= 4 is 28.4 Å². The summed E-state index contributed by atoms with van der Waals surface area (Å²) in [4.78, 5) is 31.9. The van der Waals surface area contributed by atoms with Crippen molar-refractivity contribution in [3.8, 4) is 0 Å². The summed E-state index contributed by atoms with van der Waals surface area (Å²) < 4.78 is 0. The minimum atomic E-state index is -0.137. The van der Waals surface area contributed by atoms with Gasteiger partial charge >= 0.3 is 0 Å². The molecule has 1 atom stereocenters. The van der Waals surface area contributed by atoms with Gasteiger partial charge in [-0.1, -0.05) is 35.9 Å². The van der Waals surface area contributed by atoms with Crippen molar-refractivity contribution in [3.05, 3.63) is 75.3 Å². The number of carbonyl (C=O) groups is 1. The van der Waals surface area contributed by atoms with Gasteiger partial charge in [-0.15, -0.1) is 0 Å². The van der Waals surface area contributed by atoms with Gasteiger partial charge in [0.05, 0.1) is 16.9 Å². The van der Waals surface area contributed by atoms with Gasteiger partial charge in [0.25, 0.3) is 5.56 Å². The van der Waals surface area contributed by atoms with Crippen LogP contribution in [0.15, 0.2) is 53.3 Å². The van der Waals surface area contributed by atoms with E-state index >= 15 is 0 Å². The van der Waals surface area contributed by atoms with E-state index in [0.717, 1.165) is 18.4 Å². The molecule has 2 aromatic carbocycles. The first kappa shape index (κ1) is 18.7. The Bertz CT molecular complexity index is 1040. The molecule has 0 aliphatic heterocycles. The largest absolute Gasteiger partial charge is 0.349 e. The van der Waals surface area contributed by atoms with Crippen LogP contribution in [0.5, 0.6) is 0 Å². The molecule has 144 valence electrons. The van der Waals surface area contributed by atoms with Crippen molar-refractivity contribution in [2.24, 2.45) is 5.92 Å². The van der Waals surface area contributed by atoms with Crippen LogP contribution in [0.3, 0.4) is 0 Å². The molecule has 5 nitrogen and oxygen atoms in total. The summed E-state index contributed by atoms with van der Waals surface area (Å²) in [6.45, 7) is 0. The lowest BCUT2D eigenvalue weighted by molar-refractivity contribution is -0.122. The summed E-state index contributed by atoms with van der Waals surface area (Å²) in [6, 6.07) is 15.0. The third-order valence-corrected chi connectivity index (χ3v) is 5.37. The lowest BCUT2D eigenvalue weighted by atomic mass is 10.0. The number of aryl methyl sites for hydroxylation is 1. The molecule has 2 N–H and O–H groups in total. The minimum absolute atomic E-state index is 0.0231. The van der Waals surface area contributed by atoms with Gasteiger partial charge < -0.3 is 10.3 Å².